The number of esters is 1. The van der Waals surface area contributed by atoms with Gasteiger partial charge in [-0.1, -0.05) is 74.6 Å². The third-order valence-electron chi connectivity index (χ3n) is 8.92. The molecule has 2 unspecified atom stereocenters. The van der Waals surface area contributed by atoms with Gasteiger partial charge in [0.25, 0.3) is 0 Å². The lowest BCUT2D eigenvalue weighted by atomic mass is 9.62. The predicted molar refractivity (Wildman–Crippen MR) is 139 cm³/mol. The van der Waals surface area contributed by atoms with Crippen LogP contribution in [0.1, 0.15) is 68.9 Å². The number of rotatable bonds is 9. The van der Waals surface area contributed by atoms with Crippen molar-refractivity contribution in [1.82, 2.24) is 4.90 Å². The van der Waals surface area contributed by atoms with Crippen molar-refractivity contribution in [2.75, 3.05) is 26.7 Å². The van der Waals surface area contributed by atoms with Gasteiger partial charge in [-0.15, -0.1) is 0 Å². The monoisotopic (exact) mass is 475 g/mol. The summed E-state index contributed by atoms with van der Waals surface area (Å²) in [4.78, 5) is 15.2. The second-order valence-electron chi connectivity index (χ2n) is 11.0. The van der Waals surface area contributed by atoms with Crippen LogP contribution in [0.15, 0.2) is 54.6 Å². The van der Waals surface area contributed by atoms with Crippen molar-refractivity contribution >= 4 is 5.97 Å². The number of ether oxygens (including phenoxy) is 2. The van der Waals surface area contributed by atoms with Crippen LogP contribution in [0, 0.1) is 17.8 Å². The minimum atomic E-state index is -0.298. The number of carbonyl (C=O) groups excluding carboxylic acids is 1. The highest BCUT2D eigenvalue weighted by atomic mass is 16.5. The molecule has 0 amide bonds. The maximum atomic E-state index is 12.6. The van der Waals surface area contributed by atoms with E-state index >= 15 is 0 Å². The van der Waals surface area contributed by atoms with Crippen LogP contribution >= 0.6 is 0 Å². The Hall–Kier alpha value is -2.17. The molecule has 1 aliphatic heterocycles. The molecule has 35 heavy (non-hydrogen) atoms. The summed E-state index contributed by atoms with van der Waals surface area (Å²) < 4.78 is 12.3. The second kappa shape index (κ2) is 11.3. The molecule has 2 aromatic rings. The summed E-state index contributed by atoms with van der Waals surface area (Å²) in [6.07, 6.45) is 11.4. The van der Waals surface area contributed by atoms with Crippen LogP contribution in [0.4, 0.5) is 0 Å². The normalized spacial score (nSPS) is 27.1. The van der Waals surface area contributed by atoms with Gasteiger partial charge in [-0.2, -0.15) is 0 Å². The highest BCUT2D eigenvalue weighted by molar-refractivity contribution is 5.72. The van der Waals surface area contributed by atoms with E-state index in [4.69, 9.17) is 9.47 Å². The summed E-state index contributed by atoms with van der Waals surface area (Å²) in [5, 5.41) is 0. The van der Waals surface area contributed by atoms with Crippen LogP contribution in [0.25, 0.3) is 0 Å². The average molecular weight is 476 g/mol. The summed E-state index contributed by atoms with van der Waals surface area (Å²) in [7, 11) is 1.88. The lowest BCUT2D eigenvalue weighted by molar-refractivity contribution is -0.168. The average Bonchev–Trinajstić information content (AvgIpc) is 3.40. The van der Waals surface area contributed by atoms with E-state index in [2.05, 4.69) is 47.4 Å². The van der Waals surface area contributed by atoms with Gasteiger partial charge >= 0.3 is 5.97 Å². The molecule has 1 saturated heterocycles. The standard InChI is InChI=1S/C31H41NO3/c1-34-31(26-13-8-16-29(21-26)35-30(33)18-17-24-11-5-6-12-24)27-14-7-15-28(31)23-32(22-27)20-19-25-9-3-2-4-10-25/h2-4,8-10,13,16,21,24,27-28H,5-7,11-12,14-15,17-20,22-23H2,1H3. The van der Waals surface area contributed by atoms with Crippen molar-refractivity contribution in [3.63, 3.8) is 0 Å². The number of benzene rings is 2. The number of nitrogens with zero attached hydrogens (tertiary/aromatic N) is 1. The first-order chi connectivity index (χ1) is 17.2. The van der Waals surface area contributed by atoms with Crippen molar-refractivity contribution in [3.05, 3.63) is 65.7 Å². The largest absolute Gasteiger partial charge is 0.427 e. The van der Waals surface area contributed by atoms with Gasteiger partial charge in [0, 0.05) is 45.0 Å². The maximum Gasteiger partial charge on any atom is 0.311 e. The first-order valence-electron chi connectivity index (χ1n) is 13.8. The van der Waals surface area contributed by atoms with Crippen LogP contribution in [-0.2, 0) is 21.6 Å². The molecular formula is C31H41NO3. The third-order valence-corrected chi connectivity index (χ3v) is 8.92. The SMILES string of the molecule is COC1(c2cccc(OC(=O)CCC3CCCC3)c2)C2CCCC1CN(CCc1ccccc1)C2. The fraction of sp³-hybridized carbons (Fsp3) is 0.581. The van der Waals surface area contributed by atoms with Gasteiger partial charge in [-0.25, -0.2) is 0 Å². The summed E-state index contributed by atoms with van der Waals surface area (Å²) in [6.45, 7) is 3.21. The van der Waals surface area contributed by atoms with Crippen molar-refractivity contribution in [2.45, 2.75) is 69.8 Å². The van der Waals surface area contributed by atoms with Crippen molar-refractivity contribution in [3.8, 4) is 5.75 Å². The van der Waals surface area contributed by atoms with Crippen molar-refractivity contribution in [1.29, 1.82) is 0 Å². The van der Waals surface area contributed by atoms with E-state index in [1.165, 1.54) is 56.1 Å². The van der Waals surface area contributed by atoms with E-state index in [0.717, 1.165) is 32.5 Å². The van der Waals surface area contributed by atoms with Gasteiger partial charge < -0.3 is 14.4 Å². The van der Waals surface area contributed by atoms with Crippen LogP contribution in [0.5, 0.6) is 5.75 Å². The van der Waals surface area contributed by atoms with Crippen LogP contribution in [0.2, 0.25) is 0 Å². The summed E-state index contributed by atoms with van der Waals surface area (Å²) in [5.74, 6) is 2.17. The lowest BCUT2D eigenvalue weighted by Gasteiger charge is -2.55. The number of methoxy groups -OCH3 is 1. The Bertz CT molecular complexity index is 954. The van der Waals surface area contributed by atoms with Gasteiger partial charge in [0.1, 0.15) is 11.4 Å². The zero-order chi connectivity index (χ0) is 24.1. The van der Waals surface area contributed by atoms with E-state index in [0.29, 0.717) is 29.9 Å². The molecule has 4 heteroatoms. The molecule has 4 nitrogen and oxygen atoms in total. The van der Waals surface area contributed by atoms with E-state index in [1.54, 1.807) is 0 Å². The predicted octanol–water partition coefficient (Wildman–Crippen LogP) is 6.38. The molecule has 3 fully saturated rings. The van der Waals surface area contributed by atoms with E-state index in [1.807, 2.05) is 19.2 Å². The molecule has 3 aliphatic rings. The van der Waals surface area contributed by atoms with Gasteiger partial charge in [-0.05, 0) is 54.9 Å². The number of fused-ring (bicyclic) bond motifs is 2. The Labute approximate surface area is 211 Å². The van der Waals surface area contributed by atoms with Crippen LogP contribution in [0.3, 0.4) is 0 Å². The van der Waals surface area contributed by atoms with E-state index in [9.17, 15) is 4.79 Å². The van der Waals surface area contributed by atoms with Crippen molar-refractivity contribution < 1.29 is 14.3 Å². The van der Waals surface area contributed by atoms with Gasteiger partial charge in [-0.3, -0.25) is 4.79 Å². The summed E-state index contributed by atoms with van der Waals surface area (Å²) in [6, 6.07) is 19.0. The van der Waals surface area contributed by atoms with Gasteiger partial charge in [0.15, 0.2) is 0 Å². The molecule has 5 rings (SSSR count). The molecule has 2 saturated carbocycles. The molecule has 188 valence electrons. The summed E-state index contributed by atoms with van der Waals surface area (Å²) in [5.41, 5.74) is 2.29. The number of piperidine rings is 1. The van der Waals surface area contributed by atoms with E-state index < -0.39 is 0 Å². The molecule has 0 N–H and O–H groups in total. The fourth-order valence-corrected chi connectivity index (χ4v) is 7.17. The number of hydrogen-bond donors (Lipinski definition) is 0. The highest BCUT2D eigenvalue weighted by Gasteiger charge is 2.53. The number of carbonyl (C=O) groups is 1. The highest BCUT2D eigenvalue weighted by Crippen LogP contribution is 2.52. The molecule has 0 spiro atoms. The smallest absolute Gasteiger partial charge is 0.311 e. The molecule has 2 bridgehead atoms. The van der Waals surface area contributed by atoms with E-state index in [-0.39, 0.29) is 11.6 Å². The topological polar surface area (TPSA) is 38.8 Å². The summed E-state index contributed by atoms with van der Waals surface area (Å²) >= 11 is 0. The first-order valence-corrected chi connectivity index (χ1v) is 13.8. The quantitative estimate of drug-likeness (QED) is 0.312. The molecular weight excluding hydrogens is 434 g/mol. The first kappa shape index (κ1) is 24.5. The number of likely N-dealkylation sites (tertiary alicyclic amines) is 1. The Balaban J connectivity index is 1.26. The maximum absolute atomic E-state index is 12.6. The minimum absolute atomic E-state index is 0.101. The minimum Gasteiger partial charge on any atom is -0.427 e. The number of hydrogen-bond acceptors (Lipinski definition) is 4. The van der Waals surface area contributed by atoms with Crippen LogP contribution in [-0.4, -0.2) is 37.6 Å². The molecule has 1 heterocycles. The molecule has 2 atom stereocenters. The van der Waals surface area contributed by atoms with Crippen LogP contribution < -0.4 is 4.74 Å². The zero-order valence-corrected chi connectivity index (χ0v) is 21.3. The zero-order valence-electron chi connectivity index (χ0n) is 21.3. The molecule has 0 aromatic heterocycles. The molecule has 0 radical (unpaired) electrons. The fourth-order valence-electron chi connectivity index (χ4n) is 7.17. The Morgan fingerprint density at radius 2 is 1.69 bits per heavy atom. The molecule has 2 aliphatic carbocycles. The second-order valence-corrected chi connectivity index (χ2v) is 11.0. The Morgan fingerprint density at radius 3 is 2.40 bits per heavy atom. The Kier molecular flexibility index (Phi) is 7.89. The Morgan fingerprint density at radius 1 is 0.943 bits per heavy atom. The van der Waals surface area contributed by atoms with Gasteiger partial charge in [0.05, 0.1) is 0 Å². The van der Waals surface area contributed by atoms with Gasteiger partial charge in [0.2, 0.25) is 0 Å². The third kappa shape index (κ3) is 5.49. The molecule has 2 aromatic carbocycles. The lowest BCUT2D eigenvalue weighted by Crippen LogP contribution is -2.59. The van der Waals surface area contributed by atoms with Crippen molar-refractivity contribution in [2.24, 2.45) is 17.8 Å².